The van der Waals surface area contributed by atoms with Crippen molar-refractivity contribution in [2.24, 2.45) is 0 Å². The van der Waals surface area contributed by atoms with E-state index in [2.05, 4.69) is 10.3 Å². The van der Waals surface area contributed by atoms with Crippen molar-refractivity contribution < 1.29 is 9.18 Å². The number of amides is 1. The number of hydrogen-bond acceptors (Lipinski definition) is 2. The van der Waals surface area contributed by atoms with E-state index in [0.717, 1.165) is 6.42 Å². The van der Waals surface area contributed by atoms with Gasteiger partial charge in [0.05, 0.1) is 5.41 Å². The maximum Gasteiger partial charge on any atom is 0.236 e. The quantitative estimate of drug-likeness (QED) is 0.930. The van der Waals surface area contributed by atoms with Crippen LogP contribution in [0.2, 0.25) is 0 Å². The Morgan fingerprint density at radius 3 is 2.50 bits per heavy atom. The summed E-state index contributed by atoms with van der Waals surface area (Å²) in [7, 11) is 0. The highest BCUT2D eigenvalue weighted by molar-refractivity contribution is 5.99. The van der Waals surface area contributed by atoms with E-state index < -0.39 is 5.41 Å². The van der Waals surface area contributed by atoms with Gasteiger partial charge >= 0.3 is 0 Å². The number of benzene rings is 1. The summed E-state index contributed by atoms with van der Waals surface area (Å²) in [5, 5.41) is 2.79. The number of hydrogen-bond donors (Lipinski definition) is 1. The van der Waals surface area contributed by atoms with Gasteiger partial charge < -0.3 is 5.32 Å². The smallest absolute Gasteiger partial charge is 0.236 e. The summed E-state index contributed by atoms with van der Waals surface area (Å²) in [6, 6.07) is 11.8. The molecule has 0 saturated heterocycles. The number of nitrogens with one attached hydrogen (secondary N) is 1. The second kappa shape index (κ2) is 5.04. The van der Waals surface area contributed by atoms with Crippen molar-refractivity contribution in [2.45, 2.75) is 24.7 Å². The summed E-state index contributed by atoms with van der Waals surface area (Å²) in [6.07, 6.45) is 3.90. The lowest BCUT2D eigenvalue weighted by molar-refractivity contribution is -0.124. The first-order valence-corrected chi connectivity index (χ1v) is 6.70. The lowest BCUT2D eigenvalue weighted by Gasteiger charge is -2.40. The molecule has 3 rings (SSSR count). The number of carbonyl (C=O) groups excluding carboxylic acids is 1. The molecule has 0 bridgehead atoms. The predicted molar refractivity (Wildman–Crippen MR) is 74.8 cm³/mol. The lowest BCUT2D eigenvalue weighted by Crippen LogP contribution is -2.46. The molecule has 1 aliphatic carbocycles. The van der Waals surface area contributed by atoms with Crippen molar-refractivity contribution in [2.75, 3.05) is 5.32 Å². The van der Waals surface area contributed by atoms with Crippen LogP contribution in [-0.4, -0.2) is 10.9 Å². The zero-order valence-corrected chi connectivity index (χ0v) is 11.0. The van der Waals surface area contributed by atoms with Gasteiger partial charge in [-0.2, -0.15) is 0 Å². The zero-order valence-electron chi connectivity index (χ0n) is 11.0. The number of pyridine rings is 1. The molecule has 1 N–H and O–H groups in total. The zero-order chi connectivity index (χ0) is 14.0. The van der Waals surface area contributed by atoms with Crippen molar-refractivity contribution in [3.63, 3.8) is 0 Å². The van der Waals surface area contributed by atoms with Crippen LogP contribution in [0.25, 0.3) is 0 Å². The largest absolute Gasteiger partial charge is 0.310 e. The number of carbonyl (C=O) groups is 1. The highest BCUT2D eigenvalue weighted by atomic mass is 19.1. The molecule has 1 aromatic heterocycles. The Kier molecular flexibility index (Phi) is 3.22. The maximum atomic E-state index is 14.0. The average molecular weight is 270 g/mol. The van der Waals surface area contributed by atoms with Gasteiger partial charge in [0.25, 0.3) is 0 Å². The van der Waals surface area contributed by atoms with Crippen molar-refractivity contribution in [3.05, 3.63) is 60.0 Å². The molecule has 102 valence electrons. The highest BCUT2D eigenvalue weighted by Gasteiger charge is 2.47. The Labute approximate surface area is 116 Å². The molecule has 1 amide bonds. The first kappa shape index (κ1) is 12.8. The van der Waals surface area contributed by atoms with Crippen LogP contribution < -0.4 is 5.32 Å². The van der Waals surface area contributed by atoms with Gasteiger partial charge in [-0.1, -0.05) is 30.7 Å². The summed E-state index contributed by atoms with van der Waals surface area (Å²) in [4.78, 5) is 16.6. The third kappa shape index (κ3) is 2.07. The molecule has 0 aliphatic heterocycles. The van der Waals surface area contributed by atoms with Gasteiger partial charge in [0.15, 0.2) is 0 Å². The van der Waals surface area contributed by atoms with Crippen LogP contribution in [0.5, 0.6) is 0 Å². The molecule has 3 nitrogen and oxygen atoms in total. The Balaban J connectivity index is 1.90. The number of halogens is 1. The van der Waals surface area contributed by atoms with Gasteiger partial charge in [-0.3, -0.25) is 4.79 Å². The normalized spacial score (nSPS) is 16.2. The number of anilines is 1. The van der Waals surface area contributed by atoms with Crippen molar-refractivity contribution >= 4 is 11.7 Å². The van der Waals surface area contributed by atoms with Gasteiger partial charge in [0.1, 0.15) is 11.6 Å². The third-order valence-corrected chi connectivity index (χ3v) is 3.94. The highest BCUT2D eigenvalue weighted by Crippen LogP contribution is 2.45. The summed E-state index contributed by atoms with van der Waals surface area (Å²) in [5.74, 6) is 0.0102. The molecular weight excluding hydrogens is 255 g/mol. The fourth-order valence-corrected chi connectivity index (χ4v) is 2.67. The molecule has 0 atom stereocenters. The molecule has 1 saturated carbocycles. The Hall–Kier alpha value is -2.23. The third-order valence-electron chi connectivity index (χ3n) is 3.94. The number of nitrogens with zero attached hydrogens (tertiary/aromatic N) is 1. The number of rotatable bonds is 3. The van der Waals surface area contributed by atoms with Crippen LogP contribution in [0.3, 0.4) is 0 Å². The first-order chi connectivity index (χ1) is 9.72. The van der Waals surface area contributed by atoms with Crippen molar-refractivity contribution in [1.29, 1.82) is 0 Å². The second-order valence-electron chi connectivity index (χ2n) is 5.08. The fourth-order valence-electron chi connectivity index (χ4n) is 2.67. The van der Waals surface area contributed by atoms with Gasteiger partial charge in [-0.15, -0.1) is 0 Å². The maximum absolute atomic E-state index is 14.0. The minimum Gasteiger partial charge on any atom is -0.310 e. The standard InChI is InChI=1S/C16H15FN2O/c17-13-7-2-1-6-12(13)16(9-5-10-16)15(20)19-14-8-3-4-11-18-14/h1-4,6-8,11H,5,9-10H2,(H,18,19,20). The molecule has 1 heterocycles. The summed E-state index contributed by atoms with van der Waals surface area (Å²) >= 11 is 0. The summed E-state index contributed by atoms with van der Waals surface area (Å²) in [5.41, 5.74) is -0.261. The molecule has 4 heteroatoms. The summed E-state index contributed by atoms with van der Waals surface area (Å²) < 4.78 is 14.0. The van der Waals surface area contributed by atoms with E-state index in [9.17, 15) is 9.18 Å². The molecule has 0 spiro atoms. The second-order valence-corrected chi connectivity index (χ2v) is 5.08. The van der Waals surface area contributed by atoms with E-state index >= 15 is 0 Å². The first-order valence-electron chi connectivity index (χ1n) is 6.70. The predicted octanol–water partition coefficient (Wildman–Crippen LogP) is 3.28. The SMILES string of the molecule is O=C(Nc1ccccn1)C1(c2ccccc2F)CCC1. The van der Waals surface area contributed by atoms with Crippen LogP contribution in [0, 0.1) is 5.82 Å². The average Bonchev–Trinajstić information content (AvgIpc) is 2.41. The Morgan fingerprint density at radius 2 is 1.90 bits per heavy atom. The van der Waals surface area contributed by atoms with Crippen LogP contribution in [0.1, 0.15) is 24.8 Å². The topological polar surface area (TPSA) is 42.0 Å². The van der Waals surface area contributed by atoms with E-state index in [4.69, 9.17) is 0 Å². The van der Waals surface area contributed by atoms with Crippen LogP contribution in [0.15, 0.2) is 48.7 Å². The lowest BCUT2D eigenvalue weighted by atomic mass is 9.63. The van der Waals surface area contributed by atoms with Gasteiger partial charge in [0.2, 0.25) is 5.91 Å². The van der Waals surface area contributed by atoms with Crippen molar-refractivity contribution in [1.82, 2.24) is 4.98 Å². The van der Waals surface area contributed by atoms with E-state index in [-0.39, 0.29) is 11.7 Å². The van der Waals surface area contributed by atoms with Gasteiger partial charge in [0, 0.05) is 11.8 Å². The monoisotopic (exact) mass is 270 g/mol. The van der Waals surface area contributed by atoms with Crippen LogP contribution in [-0.2, 0) is 10.2 Å². The van der Waals surface area contributed by atoms with E-state index in [0.29, 0.717) is 24.2 Å². The molecule has 1 aromatic carbocycles. The van der Waals surface area contributed by atoms with Gasteiger partial charge in [-0.05, 0) is 31.0 Å². The van der Waals surface area contributed by atoms with Crippen LogP contribution >= 0.6 is 0 Å². The Bertz CT molecular complexity index is 623. The van der Waals surface area contributed by atoms with E-state index in [1.54, 1.807) is 42.6 Å². The minimum absolute atomic E-state index is 0.174. The van der Waals surface area contributed by atoms with E-state index in [1.807, 2.05) is 0 Å². The van der Waals surface area contributed by atoms with Gasteiger partial charge in [-0.25, -0.2) is 9.37 Å². The Morgan fingerprint density at radius 1 is 1.15 bits per heavy atom. The van der Waals surface area contributed by atoms with Crippen LogP contribution in [0.4, 0.5) is 10.2 Å². The molecule has 1 fully saturated rings. The van der Waals surface area contributed by atoms with E-state index in [1.165, 1.54) is 6.07 Å². The molecule has 1 aliphatic rings. The fraction of sp³-hybridized carbons (Fsp3) is 0.250. The number of aromatic nitrogens is 1. The molecular formula is C16H15FN2O. The molecule has 0 unspecified atom stereocenters. The van der Waals surface area contributed by atoms with Crippen molar-refractivity contribution in [3.8, 4) is 0 Å². The molecule has 2 aromatic rings. The molecule has 20 heavy (non-hydrogen) atoms. The summed E-state index contributed by atoms with van der Waals surface area (Å²) in [6.45, 7) is 0. The minimum atomic E-state index is -0.747. The molecule has 0 radical (unpaired) electrons.